The fraction of sp³-hybridized carbons (Fsp3) is 0.136. The Hall–Kier alpha value is -4.07. The van der Waals surface area contributed by atoms with Crippen LogP contribution >= 0.6 is 0 Å². The van der Waals surface area contributed by atoms with Crippen molar-refractivity contribution in [2.75, 3.05) is 11.9 Å². The minimum atomic E-state index is -0.706. The van der Waals surface area contributed by atoms with Gasteiger partial charge in [-0.25, -0.2) is 14.8 Å². The van der Waals surface area contributed by atoms with E-state index in [0.717, 1.165) is 22.0 Å². The Morgan fingerprint density at radius 2 is 1.50 bits per heavy atom. The number of anilines is 2. The van der Waals surface area contributed by atoms with Gasteiger partial charge < -0.3 is 10.1 Å². The predicted octanol–water partition coefficient (Wildman–Crippen LogP) is 3.04. The summed E-state index contributed by atoms with van der Waals surface area (Å²) in [6.07, 6.45) is 0. The first kappa shape index (κ1) is 19.3. The van der Waals surface area contributed by atoms with Crippen molar-refractivity contribution in [3.63, 3.8) is 0 Å². The number of rotatable bonds is 5. The van der Waals surface area contributed by atoms with E-state index < -0.39 is 24.3 Å². The number of aromatic nitrogens is 2. The molecule has 0 aliphatic carbocycles. The fourth-order valence-corrected chi connectivity index (χ4v) is 3.19. The summed E-state index contributed by atoms with van der Waals surface area (Å²) < 4.78 is 5.27. The number of ether oxygens (including phenoxy) is 1. The quantitative estimate of drug-likeness (QED) is 0.398. The second kappa shape index (κ2) is 7.75. The van der Waals surface area contributed by atoms with Crippen LogP contribution in [0.25, 0.3) is 0 Å². The molecule has 3 aromatic rings. The highest BCUT2D eigenvalue weighted by molar-refractivity contribution is 6.22. The topological polar surface area (TPSA) is 101 Å². The number of amides is 2. The molecule has 0 saturated carbocycles. The molecular formula is C22H18N4O4. The van der Waals surface area contributed by atoms with Crippen LogP contribution in [0.2, 0.25) is 0 Å². The van der Waals surface area contributed by atoms with Gasteiger partial charge in [-0.2, -0.15) is 0 Å². The Kier molecular flexibility index (Phi) is 4.97. The van der Waals surface area contributed by atoms with Gasteiger partial charge in [-0.05, 0) is 56.3 Å². The third-order valence-electron chi connectivity index (χ3n) is 4.49. The predicted molar refractivity (Wildman–Crippen MR) is 109 cm³/mol. The molecule has 0 spiro atoms. The van der Waals surface area contributed by atoms with E-state index in [0.29, 0.717) is 22.8 Å². The van der Waals surface area contributed by atoms with E-state index >= 15 is 0 Å². The first-order valence-corrected chi connectivity index (χ1v) is 9.26. The standard InChI is InChI=1S/C22H18N4O4/c1-13-11-14(2)24-22(23-13)25-15-7-9-16(10-8-15)30-19(27)12-26-20(28)17-5-3-4-6-18(17)21(26)29/h3-11H,12H2,1-2H3,(H,23,24,25). The summed E-state index contributed by atoms with van der Waals surface area (Å²) >= 11 is 0. The van der Waals surface area contributed by atoms with Crippen LogP contribution in [-0.2, 0) is 4.79 Å². The minimum absolute atomic E-state index is 0.291. The summed E-state index contributed by atoms with van der Waals surface area (Å²) in [6, 6.07) is 15.0. The number of hydrogen-bond acceptors (Lipinski definition) is 7. The number of esters is 1. The smallest absolute Gasteiger partial charge is 0.331 e. The van der Waals surface area contributed by atoms with Crippen molar-refractivity contribution in [1.82, 2.24) is 14.9 Å². The first-order chi connectivity index (χ1) is 14.4. The number of aryl methyl sites for hydroxylation is 2. The van der Waals surface area contributed by atoms with E-state index in [9.17, 15) is 14.4 Å². The van der Waals surface area contributed by atoms with Gasteiger partial charge in [-0.1, -0.05) is 12.1 Å². The number of imide groups is 1. The molecule has 4 rings (SSSR count). The van der Waals surface area contributed by atoms with E-state index in [-0.39, 0.29) is 0 Å². The molecule has 2 amide bonds. The van der Waals surface area contributed by atoms with Gasteiger partial charge in [0.25, 0.3) is 11.8 Å². The lowest BCUT2D eigenvalue weighted by Gasteiger charge is -2.13. The van der Waals surface area contributed by atoms with E-state index in [1.54, 1.807) is 48.5 Å². The first-order valence-electron chi connectivity index (χ1n) is 9.26. The number of nitrogens with one attached hydrogen (secondary N) is 1. The molecule has 1 aromatic heterocycles. The molecule has 0 unspecified atom stereocenters. The number of carbonyl (C=O) groups is 3. The molecular weight excluding hydrogens is 384 g/mol. The zero-order valence-corrected chi connectivity index (χ0v) is 16.4. The molecule has 0 atom stereocenters. The van der Waals surface area contributed by atoms with E-state index in [1.807, 2.05) is 19.9 Å². The lowest BCUT2D eigenvalue weighted by atomic mass is 10.1. The molecule has 0 fully saturated rings. The van der Waals surface area contributed by atoms with Crippen LogP contribution in [0, 0.1) is 13.8 Å². The van der Waals surface area contributed by atoms with Crippen molar-refractivity contribution in [2.45, 2.75) is 13.8 Å². The summed E-state index contributed by atoms with van der Waals surface area (Å²) in [5, 5.41) is 3.09. The normalized spacial score (nSPS) is 12.7. The molecule has 8 heteroatoms. The van der Waals surface area contributed by atoms with Crippen molar-refractivity contribution >= 4 is 29.4 Å². The van der Waals surface area contributed by atoms with Gasteiger partial charge in [-0.3, -0.25) is 14.5 Å². The van der Waals surface area contributed by atoms with Crippen LogP contribution in [0.4, 0.5) is 11.6 Å². The van der Waals surface area contributed by atoms with Crippen LogP contribution in [0.5, 0.6) is 5.75 Å². The van der Waals surface area contributed by atoms with E-state index in [1.165, 1.54) is 0 Å². The van der Waals surface area contributed by atoms with Crippen molar-refractivity contribution in [1.29, 1.82) is 0 Å². The third kappa shape index (κ3) is 3.88. The van der Waals surface area contributed by atoms with Crippen LogP contribution in [0.3, 0.4) is 0 Å². The van der Waals surface area contributed by atoms with Gasteiger partial charge in [-0.15, -0.1) is 0 Å². The van der Waals surface area contributed by atoms with Gasteiger partial charge in [0.2, 0.25) is 5.95 Å². The highest BCUT2D eigenvalue weighted by Crippen LogP contribution is 2.23. The fourth-order valence-electron chi connectivity index (χ4n) is 3.19. The van der Waals surface area contributed by atoms with E-state index in [2.05, 4.69) is 15.3 Å². The van der Waals surface area contributed by atoms with Crippen LogP contribution in [0.1, 0.15) is 32.1 Å². The Morgan fingerprint density at radius 1 is 0.933 bits per heavy atom. The average Bonchev–Trinajstić information content (AvgIpc) is 2.94. The molecule has 0 saturated heterocycles. The monoisotopic (exact) mass is 402 g/mol. The van der Waals surface area contributed by atoms with Gasteiger partial charge in [0.15, 0.2) is 0 Å². The maximum Gasteiger partial charge on any atom is 0.331 e. The molecule has 1 N–H and O–H groups in total. The summed E-state index contributed by atoms with van der Waals surface area (Å²) in [4.78, 5) is 46.4. The number of benzene rings is 2. The Morgan fingerprint density at radius 3 is 2.07 bits per heavy atom. The van der Waals surface area contributed by atoms with Crippen molar-refractivity contribution in [2.24, 2.45) is 0 Å². The molecule has 150 valence electrons. The maximum absolute atomic E-state index is 12.3. The zero-order valence-electron chi connectivity index (χ0n) is 16.4. The van der Waals surface area contributed by atoms with Crippen LogP contribution < -0.4 is 10.1 Å². The molecule has 2 heterocycles. The lowest BCUT2D eigenvalue weighted by molar-refractivity contribution is -0.134. The van der Waals surface area contributed by atoms with Crippen molar-refractivity contribution in [3.05, 3.63) is 77.1 Å². The Balaban J connectivity index is 1.38. The van der Waals surface area contributed by atoms with Gasteiger partial charge in [0.1, 0.15) is 12.3 Å². The van der Waals surface area contributed by atoms with Crippen LogP contribution in [0.15, 0.2) is 54.6 Å². The molecule has 0 bridgehead atoms. The summed E-state index contributed by atoms with van der Waals surface area (Å²) in [7, 11) is 0. The lowest BCUT2D eigenvalue weighted by Crippen LogP contribution is -2.36. The van der Waals surface area contributed by atoms with Crippen LogP contribution in [-0.4, -0.2) is 39.2 Å². The molecule has 2 aromatic carbocycles. The highest BCUT2D eigenvalue weighted by atomic mass is 16.5. The third-order valence-corrected chi connectivity index (χ3v) is 4.49. The van der Waals surface area contributed by atoms with Gasteiger partial charge in [0, 0.05) is 17.1 Å². The number of carbonyl (C=O) groups excluding carboxylic acids is 3. The molecule has 1 aliphatic rings. The van der Waals surface area contributed by atoms with Crippen molar-refractivity contribution in [3.8, 4) is 5.75 Å². The second-order valence-electron chi connectivity index (χ2n) is 6.84. The maximum atomic E-state index is 12.3. The number of hydrogen-bond donors (Lipinski definition) is 1. The number of fused-ring (bicyclic) bond motifs is 1. The highest BCUT2D eigenvalue weighted by Gasteiger charge is 2.36. The summed E-state index contributed by atoms with van der Waals surface area (Å²) in [5.74, 6) is -0.935. The van der Waals surface area contributed by atoms with Gasteiger partial charge in [0.05, 0.1) is 11.1 Å². The van der Waals surface area contributed by atoms with E-state index in [4.69, 9.17) is 4.74 Å². The second-order valence-corrected chi connectivity index (χ2v) is 6.84. The number of nitrogens with zero attached hydrogens (tertiary/aromatic N) is 3. The summed E-state index contributed by atoms with van der Waals surface area (Å²) in [6.45, 7) is 3.32. The summed E-state index contributed by atoms with van der Waals surface area (Å²) in [5.41, 5.74) is 3.01. The SMILES string of the molecule is Cc1cc(C)nc(Nc2ccc(OC(=O)CN3C(=O)c4ccccc4C3=O)cc2)n1. The van der Waals surface area contributed by atoms with Gasteiger partial charge >= 0.3 is 5.97 Å². The minimum Gasteiger partial charge on any atom is -0.425 e. The Labute approximate surface area is 172 Å². The Bertz CT molecular complexity index is 1100. The largest absolute Gasteiger partial charge is 0.425 e. The average molecular weight is 402 g/mol. The zero-order chi connectivity index (χ0) is 21.3. The molecule has 30 heavy (non-hydrogen) atoms. The molecule has 8 nitrogen and oxygen atoms in total. The molecule has 0 radical (unpaired) electrons. The van der Waals surface area contributed by atoms with Crippen molar-refractivity contribution < 1.29 is 19.1 Å². The molecule has 1 aliphatic heterocycles.